The molecule has 98 valence electrons. The Balaban J connectivity index is 2.14. The molecule has 0 saturated carbocycles. The Kier molecular flexibility index (Phi) is 3.41. The van der Waals surface area contributed by atoms with E-state index in [0.29, 0.717) is 5.56 Å². The van der Waals surface area contributed by atoms with Crippen molar-refractivity contribution in [3.63, 3.8) is 0 Å². The second kappa shape index (κ2) is 5.01. The molecule has 0 aromatic carbocycles. The molecule has 0 radical (unpaired) electrons. The second-order valence-corrected chi connectivity index (χ2v) is 4.19. The molecule has 0 aliphatic carbocycles. The van der Waals surface area contributed by atoms with Crippen LogP contribution in [0.4, 0.5) is 0 Å². The lowest BCUT2D eigenvalue weighted by Gasteiger charge is -2.15. The number of rotatable bonds is 3. The topological polar surface area (TPSA) is 78.3 Å². The number of carbonyl (C=O) groups is 3. The molecule has 0 N–H and O–H groups in total. The van der Waals surface area contributed by atoms with Crippen LogP contribution >= 0.6 is 0 Å². The number of nitrogens with zero attached hydrogens (tertiary/aromatic N) is 2. The first-order valence-electron chi connectivity index (χ1n) is 5.62. The summed E-state index contributed by atoms with van der Waals surface area (Å²) >= 11 is 0. The molecule has 6 nitrogen and oxygen atoms in total. The van der Waals surface area contributed by atoms with Crippen molar-refractivity contribution >= 4 is 23.6 Å². The van der Waals surface area contributed by atoms with Crippen molar-refractivity contribution in [1.29, 1.82) is 0 Å². The highest BCUT2D eigenvalue weighted by Gasteiger charge is 2.36. The Morgan fingerprint density at radius 3 is 2.79 bits per heavy atom. The number of ether oxygens (including phenoxy) is 1. The molecule has 2 rings (SSSR count). The van der Waals surface area contributed by atoms with Gasteiger partial charge >= 0.3 is 5.97 Å². The second-order valence-electron chi connectivity index (χ2n) is 4.19. The van der Waals surface area contributed by atoms with E-state index in [1.165, 1.54) is 19.1 Å². The summed E-state index contributed by atoms with van der Waals surface area (Å²) in [5, 5.41) is 3.93. The summed E-state index contributed by atoms with van der Waals surface area (Å²) in [6, 6.07) is 0. The van der Waals surface area contributed by atoms with E-state index in [-0.39, 0.29) is 5.76 Å². The summed E-state index contributed by atoms with van der Waals surface area (Å²) in [7, 11) is 1.74. The third kappa shape index (κ3) is 2.85. The van der Waals surface area contributed by atoms with Gasteiger partial charge in [-0.25, -0.2) is 0 Å². The van der Waals surface area contributed by atoms with Crippen LogP contribution in [0.2, 0.25) is 0 Å². The Hall–Kier alpha value is -2.50. The third-order valence-electron chi connectivity index (χ3n) is 2.58. The zero-order chi connectivity index (χ0) is 14.0. The van der Waals surface area contributed by atoms with Gasteiger partial charge in [0, 0.05) is 24.9 Å². The normalized spacial score (nSPS) is 19.5. The maximum atomic E-state index is 11.8. The van der Waals surface area contributed by atoms with E-state index in [4.69, 9.17) is 4.74 Å². The van der Waals surface area contributed by atoms with Crippen LogP contribution in [-0.2, 0) is 26.2 Å². The van der Waals surface area contributed by atoms with E-state index in [1.54, 1.807) is 24.1 Å². The van der Waals surface area contributed by atoms with Gasteiger partial charge in [0.2, 0.25) is 0 Å². The number of hydrogen-bond donors (Lipinski definition) is 0. The Morgan fingerprint density at radius 1 is 1.47 bits per heavy atom. The Morgan fingerprint density at radius 2 is 2.21 bits per heavy atom. The van der Waals surface area contributed by atoms with Crippen LogP contribution in [0.25, 0.3) is 6.08 Å². The molecule has 0 bridgehead atoms. The van der Waals surface area contributed by atoms with Crippen LogP contribution < -0.4 is 0 Å². The number of allylic oxidation sites excluding steroid dienone is 3. The molecule has 0 fully saturated rings. The van der Waals surface area contributed by atoms with Crippen molar-refractivity contribution in [2.45, 2.75) is 6.92 Å². The monoisotopic (exact) mass is 260 g/mol. The molecule has 1 aliphatic rings. The quantitative estimate of drug-likeness (QED) is 0.453. The number of cyclic esters (lactones) is 1. The predicted molar refractivity (Wildman–Crippen MR) is 65.6 cm³/mol. The average Bonchev–Trinajstić information content (AvgIpc) is 2.71. The van der Waals surface area contributed by atoms with Gasteiger partial charge in [-0.1, -0.05) is 0 Å². The van der Waals surface area contributed by atoms with Crippen LogP contribution in [0, 0.1) is 5.92 Å². The van der Waals surface area contributed by atoms with Crippen molar-refractivity contribution in [2.24, 2.45) is 13.0 Å². The first-order valence-corrected chi connectivity index (χ1v) is 5.62. The molecule has 0 amide bonds. The van der Waals surface area contributed by atoms with Crippen LogP contribution in [0.3, 0.4) is 0 Å². The minimum absolute atomic E-state index is 0.204. The van der Waals surface area contributed by atoms with Gasteiger partial charge in [0.05, 0.1) is 6.20 Å². The van der Waals surface area contributed by atoms with Crippen LogP contribution in [0.5, 0.6) is 0 Å². The maximum absolute atomic E-state index is 11.8. The minimum atomic E-state index is -1.39. The number of ketones is 2. The van der Waals surface area contributed by atoms with Gasteiger partial charge in [0.1, 0.15) is 5.76 Å². The molecule has 1 aromatic heterocycles. The number of esters is 1. The number of aryl methyl sites for hydroxylation is 1. The first kappa shape index (κ1) is 12.9. The molecule has 1 unspecified atom stereocenters. The zero-order valence-corrected chi connectivity index (χ0v) is 10.5. The number of hydrogen-bond acceptors (Lipinski definition) is 5. The van der Waals surface area contributed by atoms with E-state index in [0.717, 1.165) is 6.08 Å². The minimum Gasteiger partial charge on any atom is -0.430 e. The lowest BCUT2D eigenvalue weighted by Crippen LogP contribution is -2.34. The molecule has 0 saturated heterocycles. The molecule has 1 aromatic rings. The first-order chi connectivity index (χ1) is 8.97. The van der Waals surface area contributed by atoms with E-state index in [9.17, 15) is 14.4 Å². The van der Waals surface area contributed by atoms with Gasteiger partial charge in [0.15, 0.2) is 17.5 Å². The van der Waals surface area contributed by atoms with Gasteiger partial charge in [-0.3, -0.25) is 19.1 Å². The summed E-state index contributed by atoms with van der Waals surface area (Å²) in [6.07, 6.45) is 7.11. The van der Waals surface area contributed by atoms with Crippen LogP contribution in [0.1, 0.15) is 12.5 Å². The Bertz CT molecular complexity index is 610. The molecule has 1 aliphatic heterocycles. The van der Waals surface area contributed by atoms with E-state index >= 15 is 0 Å². The van der Waals surface area contributed by atoms with E-state index in [1.807, 2.05) is 0 Å². The predicted octanol–water partition coefficient (Wildman–Crippen LogP) is 0.648. The lowest BCUT2D eigenvalue weighted by atomic mass is 9.96. The standard InChI is InChI=1S/C13H12N2O4/c1-8-5-11(17)12(13(18)19-8)10(16)4-3-9-6-14-15(2)7-9/h3-7,12H,1-2H3/b4-3+. The van der Waals surface area contributed by atoms with Crippen LogP contribution in [0.15, 0.2) is 30.3 Å². The summed E-state index contributed by atoms with van der Waals surface area (Å²) in [5.74, 6) is -3.16. The lowest BCUT2D eigenvalue weighted by molar-refractivity contribution is -0.151. The molecular formula is C13H12N2O4. The zero-order valence-electron chi connectivity index (χ0n) is 10.5. The van der Waals surface area contributed by atoms with E-state index < -0.39 is 23.5 Å². The van der Waals surface area contributed by atoms with Crippen molar-refractivity contribution in [3.05, 3.63) is 35.9 Å². The largest absolute Gasteiger partial charge is 0.430 e. The summed E-state index contributed by atoms with van der Waals surface area (Å²) in [6.45, 7) is 1.49. The molecule has 1 atom stereocenters. The fourth-order valence-corrected chi connectivity index (χ4v) is 1.70. The number of aromatic nitrogens is 2. The molecule has 6 heteroatoms. The molecular weight excluding hydrogens is 248 g/mol. The van der Waals surface area contributed by atoms with Gasteiger partial charge in [0.25, 0.3) is 0 Å². The molecule has 2 heterocycles. The van der Waals surface area contributed by atoms with Crippen molar-refractivity contribution in [3.8, 4) is 0 Å². The summed E-state index contributed by atoms with van der Waals surface area (Å²) in [5.41, 5.74) is 0.708. The van der Waals surface area contributed by atoms with Gasteiger partial charge in [-0.15, -0.1) is 0 Å². The number of carbonyl (C=O) groups excluding carboxylic acids is 3. The van der Waals surface area contributed by atoms with Crippen LogP contribution in [-0.4, -0.2) is 27.3 Å². The van der Waals surface area contributed by atoms with Gasteiger partial charge in [-0.05, 0) is 19.1 Å². The Labute approximate surface area is 109 Å². The van der Waals surface area contributed by atoms with Gasteiger partial charge in [-0.2, -0.15) is 5.10 Å². The fourth-order valence-electron chi connectivity index (χ4n) is 1.70. The van der Waals surface area contributed by atoms with Crippen molar-refractivity contribution in [1.82, 2.24) is 9.78 Å². The third-order valence-corrected chi connectivity index (χ3v) is 2.58. The summed E-state index contributed by atoms with van der Waals surface area (Å²) < 4.78 is 6.36. The smallest absolute Gasteiger partial charge is 0.329 e. The maximum Gasteiger partial charge on any atom is 0.329 e. The highest BCUT2D eigenvalue weighted by atomic mass is 16.5. The molecule has 0 spiro atoms. The van der Waals surface area contributed by atoms with Crippen molar-refractivity contribution in [2.75, 3.05) is 0 Å². The van der Waals surface area contributed by atoms with E-state index in [2.05, 4.69) is 5.10 Å². The summed E-state index contributed by atoms with van der Waals surface area (Å²) in [4.78, 5) is 35.0. The van der Waals surface area contributed by atoms with Crippen molar-refractivity contribution < 1.29 is 19.1 Å². The average molecular weight is 260 g/mol. The highest BCUT2D eigenvalue weighted by Crippen LogP contribution is 2.16. The van der Waals surface area contributed by atoms with Gasteiger partial charge < -0.3 is 4.74 Å². The molecule has 19 heavy (non-hydrogen) atoms. The SMILES string of the molecule is CC1=CC(=O)C(C(=O)/C=C/c2cnn(C)c2)C(=O)O1. The highest BCUT2D eigenvalue weighted by molar-refractivity contribution is 6.25. The fraction of sp³-hybridized carbons (Fsp3) is 0.231.